The Morgan fingerprint density at radius 3 is 2.59 bits per heavy atom. The van der Waals surface area contributed by atoms with Gasteiger partial charge in [-0.2, -0.15) is 0 Å². The Labute approximate surface area is 203 Å². The number of nitrogens with one attached hydrogen (secondary N) is 1. The van der Waals surface area contributed by atoms with Crippen LogP contribution in [0.25, 0.3) is 0 Å². The van der Waals surface area contributed by atoms with E-state index in [4.69, 9.17) is 0 Å². The first-order valence-corrected chi connectivity index (χ1v) is 12.9. The molecular formula is C29H46N2S. The zero-order valence-electron chi connectivity index (χ0n) is 21.8. The number of hydrogen-bond donors (Lipinski definition) is 1. The minimum absolute atomic E-state index is 0.519. The second-order valence-electron chi connectivity index (χ2n) is 8.15. The predicted octanol–water partition coefficient (Wildman–Crippen LogP) is 7.78. The molecule has 0 saturated carbocycles. The summed E-state index contributed by atoms with van der Waals surface area (Å²) in [5, 5.41) is 3.75. The summed E-state index contributed by atoms with van der Waals surface area (Å²) in [4.78, 5) is 5.34. The molecule has 1 aliphatic carbocycles. The van der Waals surface area contributed by atoms with E-state index in [1.807, 2.05) is 45.9 Å². The van der Waals surface area contributed by atoms with E-state index in [2.05, 4.69) is 86.8 Å². The molecule has 0 saturated heterocycles. The summed E-state index contributed by atoms with van der Waals surface area (Å²) >= 11 is 1.89. The molecule has 0 bridgehead atoms. The van der Waals surface area contributed by atoms with E-state index in [0.29, 0.717) is 17.1 Å². The Bertz CT molecular complexity index is 767. The third-order valence-corrected chi connectivity index (χ3v) is 6.10. The lowest BCUT2D eigenvalue weighted by Gasteiger charge is -2.15. The molecule has 0 amide bonds. The summed E-state index contributed by atoms with van der Waals surface area (Å²) in [6.07, 6.45) is 11.7. The number of thioether (sulfide) groups is 1. The molecule has 3 heteroatoms. The van der Waals surface area contributed by atoms with Gasteiger partial charge in [0.05, 0.1) is 6.54 Å². The lowest BCUT2D eigenvalue weighted by atomic mass is 9.90. The third kappa shape index (κ3) is 13.6. The smallest absolute Gasteiger partial charge is 0.0577 e. The fraction of sp³-hybridized carbons (Fsp3) is 0.552. The molecule has 0 heterocycles. The Morgan fingerprint density at radius 2 is 2.06 bits per heavy atom. The topological polar surface area (TPSA) is 24.4 Å². The molecule has 32 heavy (non-hydrogen) atoms. The fourth-order valence-electron chi connectivity index (χ4n) is 3.51. The van der Waals surface area contributed by atoms with Crippen LogP contribution in [0.15, 0.2) is 46.8 Å². The van der Waals surface area contributed by atoms with Crippen LogP contribution in [-0.4, -0.2) is 32.1 Å². The SMILES string of the molecule is C=C(C)SC1C=CCCC1.CC.CN=CC(C)CC(C)c1ccc(C#CCNC)c(C)c1. The Morgan fingerprint density at radius 1 is 1.34 bits per heavy atom. The van der Waals surface area contributed by atoms with Crippen molar-refractivity contribution in [1.29, 1.82) is 0 Å². The molecule has 0 aliphatic heterocycles. The Hall–Kier alpha value is -1.76. The van der Waals surface area contributed by atoms with Gasteiger partial charge in [0, 0.05) is 24.1 Å². The highest BCUT2D eigenvalue weighted by molar-refractivity contribution is 8.03. The summed E-state index contributed by atoms with van der Waals surface area (Å²) < 4.78 is 0. The average molecular weight is 455 g/mol. The molecule has 0 aromatic heterocycles. The van der Waals surface area contributed by atoms with Crippen LogP contribution in [0, 0.1) is 24.7 Å². The monoisotopic (exact) mass is 454 g/mol. The molecule has 3 atom stereocenters. The van der Waals surface area contributed by atoms with Crippen LogP contribution in [0.3, 0.4) is 0 Å². The third-order valence-electron chi connectivity index (χ3n) is 5.00. The fourth-order valence-corrected chi connectivity index (χ4v) is 4.50. The van der Waals surface area contributed by atoms with Crippen molar-refractivity contribution in [2.45, 2.75) is 78.4 Å². The first kappa shape index (κ1) is 30.2. The van der Waals surface area contributed by atoms with Crippen molar-refractivity contribution in [2.24, 2.45) is 10.9 Å². The van der Waals surface area contributed by atoms with E-state index >= 15 is 0 Å². The summed E-state index contributed by atoms with van der Waals surface area (Å²) in [5.41, 5.74) is 3.77. The Kier molecular flexibility index (Phi) is 17.7. The van der Waals surface area contributed by atoms with E-state index in [1.165, 1.54) is 35.3 Å². The van der Waals surface area contributed by atoms with Gasteiger partial charge in [-0.05, 0) is 80.5 Å². The first-order valence-electron chi connectivity index (χ1n) is 12.0. The molecule has 3 unspecified atom stereocenters. The van der Waals surface area contributed by atoms with Crippen LogP contribution in [0.4, 0.5) is 0 Å². The maximum Gasteiger partial charge on any atom is 0.0577 e. The number of nitrogens with zero attached hydrogens (tertiary/aromatic N) is 1. The van der Waals surface area contributed by atoms with E-state index in [-0.39, 0.29) is 0 Å². The van der Waals surface area contributed by atoms with Crippen molar-refractivity contribution in [3.63, 3.8) is 0 Å². The van der Waals surface area contributed by atoms with Gasteiger partial charge in [0.25, 0.3) is 0 Å². The summed E-state index contributed by atoms with van der Waals surface area (Å²) in [6.45, 7) is 17.3. The van der Waals surface area contributed by atoms with Gasteiger partial charge >= 0.3 is 0 Å². The molecule has 0 fully saturated rings. The minimum atomic E-state index is 0.519. The van der Waals surface area contributed by atoms with Crippen molar-refractivity contribution < 1.29 is 0 Å². The van der Waals surface area contributed by atoms with Gasteiger partial charge in [0.15, 0.2) is 0 Å². The summed E-state index contributed by atoms with van der Waals surface area (Å²) in [5.74, 6) is 7.38. The predicted molar refractivity (Wildman–Crippen MR) is 149 cm³/mol. The summed E-state index contributed by atoms with van der Waals surface area (Å²) in [6, 6.07) is 6.61. The molecule has 0 spiro atoms. The molecule has 1 N–H and O–H groups in total. The lowest BCUT2D eigenvalue weighted by molar-refractivity contribution is 0.599. The highest BCUT2D eigenvalue weighted by atomic mass is 32.2. The van der Waals surface area contributed by atoms with Crippen LogP contribution in [-0.2, 0) is 0 Å². The molecule has 1 aromatic rings. The molecule has 1 aliphatic rings. The van der Waals surface area contributed by atoms with Crippen LogP contribution in [0.2, 0.25) is 0 Å². The normalized spacial score (nSPS) is 16.6. The second kappa shape index (κ2) is 18.8. The van der Waals surface area contributed by atoms with Gasteiger partial charge in [0.2, 0.25) is 0 Å². The molecule has 2 rings (SSSR count). The van der Waals surface area contributed by atoms with E-state index in [0.717, 1.165) is 18.5 Å². The minimum Gasteiger partial charge on any atom is -0.309 e. The van der Waals surface area contributed by atoms with Crippen molar-refractivity contribution in [1.82, 2.24) is 5.32 Å². The number of benzene rings is 1. The lowest BCUT2D eigenvalue weighted by Crippen LogP contribution is -2.05. The van der Waals surface area contributed by atoms with Crippen molar-refractivity contribution in [3.8, 4) is 11.8 Å². The van der Waals surface area contributed by atoms with E-state index in [1.54, 1.807) is 0 Å². The van der Waals surface area contributed by atoms with Gasteiger partial charge in [-0.1, -0.05) is 70.4 Å². The van der Waals surface area contributed by atoms with Gasteiger partial charge < -0.3 is 10.3 Å². The van der Waals surface area contributed by atoms with Gasteiger partial charge in [-0.15, -0.1) is 11.8 Å². The number of allylic oxidation sites excluding steroid dienone is 2. The first-order chi connectivity index (χ1) is 15.4. The van der Waals surface area contributed by atoms with Gasteiger partial charge in [-0.25, -0.2) is 0 Å². The number of aryl methyl sites for hydroxylation is 1. The molecule has 1 aromatic carbocycles. The average Bonchev–Trinajstić information content (AvgIpc) is 2.77. The van der Waals surface area contributed by atoms with Crippen LogP contribution >= 0.6 is 11.8 Å². The molecular weight excluding hydrogens is 408 g/mol. The second-order valence-corrected chi connectivity index (χ2v) is 9.68. The zero-order chi connectivity index (χ0) is 24.4. The van der Waals surface area contributed by atoms with Crippen LogP contribution in [0.1, 0.15) is 82.9 Å². The van der Waals surface area contributed by atoms with Crippen LogP contribution in [0.5, 0.6) is 0 Å². The quantitative estimate of drug-likeness (QED) is 0.258. The standard InChI is InChI=1S/C18H26N2.C9H14S.C2H6/c1-14(13-20-5)11-15(2)18-9-8-17(16(3)12-18)7-6-10-19-4;1-8(2)10-9-6-4-3-5-7-9;1-2/h8-9,12-15,19H,10-11H2,1-5H3;4,6,9H,1,3,5,7H2,2H3;1-2H3. The maximum atomic E-state index is 4.11. The van der Waals surface area contributed by atoms with Gasteiger partial charge in [0.1, 0.15) is 0 Å². The molecule has 178 valence electrons. The molecule has 2 nitrogen and oxygen atoms in total. The molecule has 0 radical (unpaired) electrons. The van der Waals surface area contributed by atoms with Crippen molar-refractivity contribution in [2.75, 3.05) is 20.6 Å². The van der Waals surface area contributed by atoms with E-state index in [9.17, 15) is 0 Å². The van der Waals surface area contributed by atoms with Crippen molar-refractivity contribution >= 4 is 18.0 Å². The van der Waals surface area contributed by atoms with Crippen molar-refractivity contribution in [3.05, 3.63) is 58.5 Å². The zero-order valence-corrected chi connectivity index (χ0v) is 22.6. The van der Waals surface area contributed by atoms with Gasteiger partial charge in [-0.3, -0.25) is 0 Å². The number of hydrogen-bond acceptors (Lipinski definition) is 3. The highest BCUT2D eigenvalue weighted by Gasteiger charge is 2.10. The highest BCUT2D eigenvalue weighted by Crippen LogP contribution is 2.27. The van der Waals surface area contributed by atoms with E-state index < -0.39 is 0 Å². The largest absolute Gasteiger partial charge is 0.309 e. The Balaban J connectivity index is 0.000000668. The number of rotatable bonds is 7. The number of aliphatic imine (C=N–C) groups is 1. The maximum absolute atomic E-state index is 4.11. The van der Waals surface area contributed by atoms with Crippen LogP contribution < -0.4 is 5.32 Å². The summed E-state index contributed by atoms with van der Waals surface area (Å²) in [7, 11) is 3.75.